The highest BCUT2D eigenvalue weighted by atomic mass is 32.2. The summed E-state index contributed by atoms with van der Waals surface area (Å²) in [6.45, 7) is 4.50. The second kappa shape index (κ2) is 34.2. The summed E-state index contributed by atoms with van der Waals surface area (Å²) >= 11 is 0. The number of carbonyl (C=O) groups excluding carboxylic acids is 1. The van der Waals surface area contributed by atoms with Crippen LogP contribution in [0.15, 0.2) is 24.3 Å². The highest BCUT2D eigenvalue weighted by Crippen LogP contribution is 2.15. The Bertz CT molecular complexity index is 875. The zero-order valence-corrected chi connectivity index (χ0v) is 32.0. The van der Waals surface area contributed by atoms with E-state index in [-0.39, 0.29) is 6.42 Å². The third-order valence-corrected chi connectivity index (χ3v) is 10.0. The van der Waals surface area contributed by atoms with E-state index in [0.29, 0.717) is 6.42 Å². The molecule has 3 atom stereocenters. The molecule has 7 nitrogen and oxygen atoms in total. The minimum Gasteiger partial charge on any atom is -0.387 e. The third kappa shape index (κ3) is 33.3. The van der Waals surface area contributed by atoms with Gasteiger partial charge in [-0.05, 0) is 44.9 Å². The molecular weight excluding hydrogens is 623 g/mol. The summed E-state index contributed by atoms with van der Waals surface area (Å²) in [4.78, 5) is 12.6. The monoisotopic (exact) mass is 700 g/mol. The summed E-state index contributed by atoms with van der Waals surface area (Å²) in [6, 6.07) is -1.23. The number of allylic oxidation sites excluding steroid dienone is 3. The third-order valence-electron chi connectivity index (χ3n) is 9.23. The van der Waals surface area contributed by atoms with Gasteiger partial charge in [-0.1, -0.05) is 179 Å². The first kappa shape index (κ1) is 46.8. The lowest BCUT2D eigenvalue weighted by Crippen LogP contribution is -2.50. The van der Waals surface area contributed by atoms with Crippen LogP contribution in [0.1, 0.15) is 200 Å². The SMILES string of the molecule is CCCCCCCCC/C=C\CCCCCCC(O)C(=O)NC(CS(=O)(=O)O)C(O)/C=C/CCCCCCCCCCCCCCCC. The Morgan fingerprint density at radius 3 is 1.31 bits per heavy atom. The molecule has 0 aliphatic heterocycles. The average molecular weight is 700 g/mol. The quantitative estimate of drug-likeness (QED) is 0.0293. The number of rotatable bonds is 36. The average Bonchev–Trinajstić information content (AvgIpc) is 3.05. The molecule has 1 amide bonds. The van der Waals surface area contributed by atoms with Gasteiger partial charge in [0.2, 0.25) is 5.91 Å². The second-order valence-electron chi connectivity index (χ2n) is 14.1. The summed E-state index contributed by atoms with van der Waals surface area (Å²) in [6.07, 6.45) is 39.4. The lowest BCUT2D eigenvalue weighted by molar-refractivity contribution is -0.130. The minimum atomic E-state index is -4.44. The molecule has 0 aromatic heterocycles. The Morgan fingerprint density at radius 2 is 0.917 bits per heavy atom. The number of hydrogen-bond donors (Lipinski definition) is 4. The number of hydrogen-bond acceptors (Lipinski definition) is 5. The number of aliphatic hydroxyl groups excluding tert-OH is 2. The predicted octanol–water partition coefficient (Wildman–Crippen LogP) is 10.5. The van der Waals surface area contributed by atoms with Crippen LogP contribution in [0.4, 0.5) is 0 Å². The number of unbranched alkanes of at least 4 members (excludes halogenated alkanes) is 25. The lowest BCUT2D eigenvalue weighted by Gasteiger charge is -2.22. The van der Waals surface area contributed by atoms with Crippen LogP contribution >= 0.6 is 0 Å². The summed E-state index contributed by atoms with van der Waals surface area (Å²) in [5.74, 6) is -1.54. The predicted molar refractivity (Wildman–Crippen MR) is 204 cm³/mol. The molecule has 0 fully saturated rings. The summed E-state index contributed by atoms with van der Waals surface area (Å²) in [5, 5.41) is 23.4. The molecule has 284 valence electrons. The Morgan fingerprint density at radius 1 is 0.562 bits per heavy atom. The number of amides is 1. The Balaban J connectivity index is 4.08. The van der Waals surface area contributed by atoms with Gasteiger partial charge < -0.3 is 15.5 Å². The smallest absolute Gasteiger partial charge is 0.267 e. The number of carbonyl (C=O) groups is 1. The highest BCUT2D eigenvalue weighted by molar-refractivity contribution is 7.85. The first-order valence-corrected chi connectivity index (χ1v) is 21.8. The molecule has 0 heterocycles. The standard InChI is InChI=1S/C40H77NO6S/c1-3-5-7-9-11-13-15-17-19-21-22-24-26-28-30-32-34-38(42)37(36-48(45,46)47)41-40(44)39(43)35-33-31-29-27-25-23-20-18-16-14-12-10-8-6-4-2/h20,23,32,34,37-39,42-43H,3-19,21-22,24-31,33,35-36H2,1-2H3,(H,41,44)(H,45,46,47)/b23-20-,34-32+. The van der Waals surface area contributed by atoms with Gasteiger partial charge in [-0.3, -0.25) is 9.35 Å². The number of nitrogens with one attached hydrogen (secondary N) is 1. The number of aliphatic hydroxyl groups is 2. The first-order chi connectivity index (χ1) is 23.2. The molecule has 0 aliphatic rings. The van der Waals surface area contributed by atoms with Crippen LogP contribution < -0.4 is 5.32 Å². The van der Waals surface area contributed by atoms with E-state index in [1.165, 1.54) is 128 Å². The van der Waals surface area contributed by atoms with E-state index in [9.17, 15) is 28.0 Å². The van der Waals surface area contributed by atoms with Gasteiger partial charge in [-0.25, -0.2) is 0 Å². The van der Waals surface area contributed by atoms with Crippen molar-refractivity contribution < 1.29 is 28.0 Å². The van der Waals surface area contributed by atoms with Crippen molar-refractivity contribution in [1.82, 2.24) is 5.32 Å². The van der Waals surface area contributed by atoms with Gasteiger partial charge in [0.25, 0.3) is 10.1 Å². The zero-order valence-electron chi connectivity index (χ0n) is 31.2. The second-order valence-corrected chi connectivity index (χ2v) is 15.6. The molecule has 3 unspecified atom stereocenters. The Labute approximate surface area is 297 Å². The summed E-state index contributed by atoms with van der Waals surface area (Å²) in [7, 11) is -4.44. The van der Waals surface area contributed by atoms with Crippen molar-refractivity contribution in [1.29, 1.82) is 0 Å². The molecular formula is C40H77NO6S. The maximum absolute atomic E-state index is 12.6. The van der Waals surface area contributed by atoms with E-state index < -0.39 is 40.0 Å². The van der Waals surface area contributed by atoms with E-state index in [2.05, 4.69) is 31.3 Å². The van der Waals surface area contributed by atoms with Gasteiger partial charge in [-0.2, -0.15) is 8.42 Å². The van der Waals surface area contributed by atoms with E-state index in [4.69, 9.17) is 0 Å². The molecule has 0 rings (SSSR count). The van der Waals surface area contributed by atoms with Gasteiger partial charge in [0.15, 0.2) is 0 Å². The van der Waals surface area contributed by atoms with Gasteiger partial charge in [-0.15, -0.1) is 0 Å². The van der Waals surface area contributed by atoms with Crippen LogP contribution in [0.2, 0.25) is 0 Å². The van der Waals surface area contributed by atoms with Crippen molar-refractivity contribution in [2.45, 2.75) is 218 Å². The molecule has 0 aromatic rings. The lowest BCUT2D eigenvalue weighted by atomic mass is 10.0. The zero-order chi connectivity index (χ0) is 35.6. The van der Waals surface area contributed by atoms with Crippen LogP contribution in [0.5, 0.6) is 0 Å². The highest BCUT2D eigenvalue weighted by Gasteiger charge is 2.27. The van der Waals surface area contributed by atoms with Crippen LogP contribution in [0.3, 0.4) is 0 Å². The molecule has 0 radical (unpaired) electrons. The van der Waals surface area contributed by atoms with E-state index in [1.54, 1.807) is 6.08 Å². The van der Waals surface area contributed by atoms with Crippen molar-refractivity contribution in [3.05, 3.63) is 24.3 Å². The van der Waals surface area contributed by atoms with Crippen molar-refractivity contribution >= 4 is 16.0 Å². The molecule has 48 heavy (non-hydrogen) atoms. The van der Waals surface area contributed by atoms with Gasteiger partial charge >= 0.3 is 0 Å². The van der Waals surface area contributed by atoms with Crippen LogP contribution in [-0.4, -0.2) is 53.1 Å². The molecule has 0 spiro atoms. The van der Waals surface area contributed by atoms with Crippen LogP contribution in [0, 0.1) is 0 Å². The first-order valence-electron chi connectivity index (χ1n) is 20.1. The molecule has 0 saturated heterocycles. The Hall–Kier alpha value is -1.22. The van der Waals surface area contributed by atoms with E-state index in [0.717, 1.165) is 51.4 Å². The minimum absolute atomic E-state index is 0.267. The molecule has 0 aliphatic carbocycles. The largest absolute Gasteiger partial charge is 0.387 e. The fraction of sp³-hybridized carbons (Fsp3) is 0.875. The molecule has 0 bridgehead atoms. The van der Waals surface area contributed by atoms with Gasteiger partial charge in [0, 0.05) is 0 Å². The van der Waals surface area contributed by atoms with E-state index in [1.807, 2.05) is 0 Å². The molecule has 0 aromatic carbocycles. The van der Waals surface area contributed by atoms with Crippen molar-refractivity contribution in [2.75, 3.05) is 5.75 Å². The van der Waals surface area contributed by atoms with Crippen molar-refractivity contribution in [3.8, 4) is 0 Å². The molecule has 8 heteroatoms. The maximum atomic E-state index is 12.6. The van der Waals surface area contributed by atoms with Crippen LogP contribution in [-0.2, 0) is 14.9 Å². The summed E-state index contributed by atoms with van der Waals surface area (Å²) in [5.41, 5.74) is 0. The van der Waals surface area contributed by atoms with Gasteiger partial charge in [0.1, 0.15) is 6.10 Å². The summed E-state index contributed by atoms with van der Waals surface area (Å²) < 4.78 is 32.5. The molecule has 4 N–H and O–H groups in total. The topological polar surface area (TPSA) is 124 Å². The van der Waals surface area contributed by atoms with Crippen molar-refractivity contribution in [3.63, 3.8) is 0 Å². The van der Waals surface area contributed by atoms with Crippen LogP contribution in [0.25, 0.3) is 0 Å². The van der Waals surface area contributed by atoms with Crippen molar-refractivity contribution in [2.24, 2.45) is 0 Å². The fourth-order valence-electron chi connectivity index (χ4n) is 6.10. The van der Waals surface area contributed by atoms with E-state index >= 15 is 0 Å². The molecule has 0 saturated carbocycles. The normalized spacial score (nSPS) is 14.2. The fourth-order valence-corrected chi connectivity index (χ4v) is 6.83. The Kier molecular flexibility index (Phi) is 33.4. The maximum Gasteiger partial charge on any atom is 0.267 e. The van der Waals surface area contributed by atoms with Gasteiger partial charge in [0.05, 0.1) is 17.9 Å².